The third-order valence-electron chi connectivity index (χ3n) is 3.63. The van der Waals surface area contributed by atoms with E-state index in [2.05, 4.69) is 6.07 Å². The Balaban J connectivity index is 2.14. The number of likely N-dealkylation sites (N-methyl/N-ethyl adjacent to an activating group) is 1. The minimum absolute atomic E-state index is 0.559. The molecule has 3 N–H and O–H groups in total. The third-order valence-corrected chi connectivity index (χ3v) is 3.63. The standard InChI is InChI=1S/C14H19N3O/c1-17(10-14(18)6-2-3-7-14)13-5-4-11(9-15)8-12(13)16/h4-5,8,18H,2-3,6-7,10,16H2,1H3. The van der Waals surface area contributed by atoms with E-state index in [4.69, 9.17) is 11.0 Å². The molecule has 0 bridgehead atoms. The van der Waals surface area contributed by atoms with Gasteiger partial charge in [0.25, 0.3) is 0 Å². The molecule has 1 aliphatic rings. The normalized spacial score (nSPS) is 17.4. The Morgan fingerprint density at radius 3 is 2.67 bits per heavy atom. The number of aliphatic hydroxyl groups is 1. The first-order valence-corrected chi connectivity index (χ1v) is 6.27. The van der Waals surface area contributed by atoms with Crippen LogP contribution < -0.4 is 10.6 Å². The van der Waals surface area contributed by atoms with Crippen LogP contribution in [0.5, 0.6) is 0 Å². The number of nitrogens with zero attached hydrogens (tertiary/aromatic N) is 2. The van der Waals surface area contributed by atoms with Gasteiger partial charge in [-0.2, -0.15) is 5.26 Å². The van der Waals surface area contributed by atoms with Gasteiger partial charge in [0.05, 0.1) is 28.6 Å². The van der Waals surface area contributed by atoms with Crippen LogP contribution in [0.2, 0.25) is 0 Å². The second kappa shape index (κ2) is 4.87. The van der Waals surface area contributed by atoms with E-state index in [-0.39, 0.29) is 0 Å². The van der Waals surface area contributed by atoms with Crippen LogP contribution in [0.3, 0.4) is 0 Å². The number of rotatable bonds is 3. The van der Waals surface area contributed by atoms with Gasteiger partial charge in [0.1, 0.15) is 0 Å². The zero-order valence-corrected chi connectivity index (χ0v) is 10.7. The molecular weight excluding hydrogens is 226 g/mol. The monoisotopic (exact) mass is 245 g/mol. The van der Waals surface area contributed by atoms with Gasteiger partial charge in [-0.25, -0.2) is 0 Å². The largest absolute Gasteiger partial charge is 0.397 e. The van der Waals surface area contributed by atoms with E-state index >= 15 is 0 Å². The van der Waals surface area contributed by atoms with E-state index in [9.17, 15) is 5.11 Å². The number of nitriles is 1. The summed E-state index contributed by atoms with van der Waals surface area (Å²) in [6.45, 7) is 0.586. The molecule has 0 aliphatic heterocycles. The molecule has 1 fully saturated rings. The molecule has 0 spiro atoms. The topological polar surface area (TPSA) is 73.3 Å². The molecule has 0 atom stereocenters. The Hall–Kier alpha value is -1.73. The van der Waals surface area contributed by atoms with Crippen molar-refractivity contribution in [2.75, 3.05) is 24.2 Å². The number of benzene rings is 1. The Kier molecular flexibility index (Phi) is 3.44. The Morgan fingerprint density at radius 1 is 1.44 bits per heavy atom. The lowest BCUT2D eigenvalue weighted by molar-refractivity contribution is 0.0559. The molecule has 96 valence electrons. The quantitative estimate of drug-likeness (QED) is 0.797. The second-order valence-electron chi connectivity index (χ2n) is 5.17. The van der Waals surface area contributed by atoms with Crippen molar-refractivity contribution in [1.82, 2.24) is 0 Å². The van der Waals surface area contributed by atoms with Gasteiger partial charge in [-0.3, -0.25) is 0 Å². The summed E-state index contributed by atoms with van der Waals surface area (Å²) in [6.07, 6.45) is 3.89. The highest BCUT2D eigenvalue weighted by molar-refractivity contribution is 5.69. The van der Waals surface area contributed by atoms with E-state index < -0.39 is 5.60 Å². The number of anilines is 2. The maximum absolute atomic E-state index is 10.4. The van der Waals surface area contributed by atoms with Crippen molar-refractivity contribution in [2.45, 2.75) is 31.3 Å². The van der Waals surface area contributed by atoms with Gasteiger partial charge in [0.2, 0.25) is 0 Å². The average molecular weight is 245 g/mol. The summed E-state index contributed by atoms with van der Waals surface area (Å²) >= 11 is 0. The molecule has 1 aliphatic carbocycles. The van der Waals surface area contributed by atoms with Gasteiger partial charge in [0, 0.05) is 13.6 Å². The van der Waals surface area contributed by atoms with Crippen LogP contribution >= 0.6 is 0 Å². The van der Waals surface area contributed by atoms with Crippen LogP contribution in [-0.2, 0) is 0 Å². The van der Waals surface area contributed by atoms with Gasteiger partial charge in [-0.15, -0.1) is 0 Å². The van der Waals surface area contributed by atoms with E-state index in [1.165, 1.54) is 0 Å². The summed E-state index contributed by atoms with van der Waals surface area (Å²) in [5.41, 5.74) is 7.36. The molecule has 2 rings (SSSR count). The van der Waals surface area contributed by atoms with Crippen molar-refractivity contribution in [3.05, 3.63) is 23.8 Å². The number of nitrogens with two attached hydrogens (primary N) is 1. The van der Waals surface area contributed by atoms with E-state index in [1.54, 1.807) is 12.1 Å². The molecule has 4 heteroatoms. The van der Waals surface area contributed by atoms with Crippen molar-refractivity contribution >= 4 is 11.4 Å². The maximum atomic E-state index is 10.4. The lowest BCUT2D eigenvalue weighted by Gasteiger charge is -2.30. The Morgan fingerprint density at radius 2 is 2.11 bits per heavy atom. The summed E-state index contributed by atoms with van der Waals surface area (Å²) in [5, 5.41) is 19.2. The minimum Gasteiger partial charge on any atom is -0.397 e. The highest BCUT2D eigenvalue weighted by Gasteiger charge is 2.32. The van der Waals surface area contributed by atoms with E-state index in [1.807, 2.05) is 18.0 Å². The average Bonchev–Trinajstić information content (AvgIpc) is 2.75. The van der Waals surface area contributed by atoms with Crippen molar-refractivity contribution in [3.63, 3.8) is 0 Å². The van der Waals surface area contributed by atoms with Crippen molar-refractivity contribution in [2.24, 2.45) is 0 Å². The highest BCUT2D eigenvalue weighted by atomic mass is 16.3. The molecule has 0 heterocycles. The molecule has 1 saturated carbocycles. The van der Waals surface area contributed by atoms with Crippen molar-refractivity contribution in [1.29, 1.82) is 5.26 Å². The maximum Gasteiger partial charge on any atom is 0.0992 e. The number of hydrogen-bond donors (Lipinski definition) is 2. The van der Waals surface area contributed by atoms with Gasteiger partial charge in [-0.1, -0.05) is 12.8 Å². The van der Waals surface area contributed by atoms with E-state index in [0.717, 1.165) is 31.4 Å². The van der Waals surface area contributed by atoms with Gasteiger partial charge in [0.15, 0.2) is 0 Å². The fourth-order valence-electron chi connectivity index (χ4n) is 2.69. The molecule has 0 radical (unpaired) electrons. The Bertz CT molecular complexity index is 472. The van der Waals surface area contributed by atoms with Crippen LogP contribution in [0.25, 0.3) is 0 Å². The number of nitrogen functional groups attached to an aromatic ring is 1. The molecule has 0 saturated heterocycles. The molecule has 4 nitrogen and oxygen atoms in total. The van der Waals surface area contributed by atoms with Gasteiger partial charge in [-0.05, 0) is 31.0 Å². The predicted molar refractivity (Wildman–Crippen MR) is 72.3 cm³/mol. The summed E-state index contributed by atoms with van der Waals surface area (Å²) < 4.78 is 0. The van der Waals surface area contributed by atoms with Crippen LogP contribution in [0.1, 0.15) is 31.2 Å². The smallest absolute Gasteiger partial charge is 0.0992 e. The first-order chi connectivity index (χ1) is 8.54. The molecule has 1 aromatic rings. The fraction of sp³-hybridized carbons (Fsp3) is 0.500. The molecule has 1 aromatic carbocycles. The summed E-state index contributed by atoms with van der Waals surface area (Å²) in [4.78, 5) is 1.97. The number of hydrogen-bond acceptors (Lipinski definition) is 4. The Labute approximate surface area is 108 Å². The van der Waals surface area contributed by atoms with Gasteiger partial charge < -0.3 is 15.7 Å². The lowest BCUT2D eigenvalue weighted by atomic mass is 10.0. The van der Waals surface area contributed by atoms with E-state index in [0.29, 0.717) is 17.8 Å². The SMILES string of the molecule is CN(CC1(O)CCCC1)c1ccc(C#N)cc1N. The van der Waals surface area contributed by atoms with Crippen LogP contribution in [0.15, 0.2) is 18.2 Å². The van der Waals surface area contributed by atoms with Crippen molar-refractivity contribution in [3.8, 4) is 6.07 Å². The highest BCUT2D eigenvalue weighted by Crippen LogP contribution is 2.32. The molecule has 18 heavy (non-hydrogen) atoms. The third kappa shape index (κ3) is 2.57. The first-order valence-electron chi connectivity index (χ1n) is 6.27. The molecule has 0 amide bonds. The summed E-state index contributed by atoms with van der Waals surface area (Å²) in [6, 6.07) is 7.33. The van der Waals surface area contributed by atoms with Crippen LogP contribution in [0, 0.1) is 11.3 Å². The molecule has 0 aromatic heterocycles. The van der Waals surface area contributed by atoms with Crippen LogP contribution in [-0.4, -0.2) is 24.3 Å². The lowest BCUT2D eigenvalue weighted by Crippen LogP contribution is -2.39. The summed E-state index contributed by atoms with van der Waals surface area (Å²) in [7, 11) is 1.92. The molecular formula is C14H19N3O. The zero-order valence-electron chi connectivity index (χ0n) is 10.7. The molecule has 0 unspecified atom stereocenters. The zero-order chi connectivity index (χ0) is 13.2. The fourth-order valence-corrected chi connectivity index (χ4v) is 2.69. The van der Waals surface area contributed by atoms with Gasteiger partial charge >= 0.3 is 0 Å². The minimum atomic E-state index is -0.588. The summed E-state index contributed by atoms with van der Waals surface area (Å²) in [5.74, 6) is 0. The predicted octanol–water partition coefficient (Wildman–Crippen LogP) is 1.88. The first kappa shape index (κ1) is 12.7. The van der Waals surface area contributed by atoms with Crippen molar-refractivity contribution < 1.29 is 5.11 Å². The second-order valence-corrected chi connectivity index (χ2v) is 5.17. The van der Waals surface area contributed by atoms with Crippen LogP contribution in [0.4, 0.5) is 11.4 Å².